The Balaban J connectivity index is -0.0000000767. The monoisotopic (exact) mass is 419 g/mol. The summed E-state index contributed by atoms with van der Waals surface area (Å²) < 4.78 is 4.83. The lowest BCUT2D eigenvalue weighted by Gasteiger charge is -2.09. The van der Waals surface area contributed by atoms with Crippen molar-refractivity contribution < 1.29 is 9.53 Å². The van der Waals surface area contributed by atoms with Gasteiger partial charge in [0.2, 0.25) is 0 Å². The molecule has 4 N–H and O–H groups in total. The van der Waals surface area contributed by atoms with E-state index in [2.05, 4.69) is 20.4 Å². The third-order valence-corrected chi connectivity index (χ3v) is 2.24. The van der Waals surface area contributed by atoms with Crippen LogP contribution in [0.25, 0.3) is 0 Å². The zero-order valence-electron chi connectivity index (χ0n) is 15.6. The molecule has 144 valence electrons. The van der Waals surface area contributed by atoms with Crippen LogP contribution in [0.4, 0.5) is 0 Å². The molecule has 0 bridgehead atoms. The van der Waals surface area contributed by atoms with Crippen LogP contribution in [0.15, 0.2) is 12.2 Å². The van der Waals surface area contributed by atoms with E-state index in [9.17, 15) is 4.79 Å². The number of ether oxygens (including phenoxy) is 1. The van der Waals surface area contributed by atoms with Crippen molar-refractivity contribution in [3.63, 3.8) is 0 Å². The highest BCUT2D eigenvalue weighted by Crippen LogP contribution is 1.91. The van der Waals surface area contributed by atoms with E-state index >= 15 is 0 Å². The molecule has 7 heteroatoms. The van der Waals surface area contributed by atoms with E-state index in [1.165, 1.54) is 25.7 Å². The fourth-order valence-electron chi connectivity index (χ4n) is 0.852. The number of nitrogens with two attached hydrogens (primary N) is 2. The topological polar surface area (TPSA) is 81.6 Å². The molecule has 0 saturated carbocycles. The first kappa shape index (κ1) is 34.2. The Morgan fingerprint density at radius 1 is 1.09 bits per heavy atom. The molecule has 0 aromatic rings. The smallest absolute Gasteiger partial charge is 0.333 e. The van der Waals surface area contributed by atoms with Gasteiger partial charge < -0.3 is 21.1 Å². The Morgan fingerprint density at radius 3 is 1.65 bits per heavy atom. The Hall–Kier alpha value is -0.140. The quantitative estimate of drug-likeness (QED) is 0.465. The molecule has 0 aliphatic rings. The fraction of sp³-hybridized carbons (Fsp3) is 0.812. The summed E-state index contributed by atoms with van der Waals surface area (Å²) in [6, 6.07) is 0. The Bertz CT molecular complexity index is 233. The summed E-state index contributed by atoms with van der Waals surface area (Å²) >= 11 is 0. The van der Waals surface area contributed by atoms with E-state index in [4.69, 9.17) is 16.2 Å². The first-order chi connectivity index (χ1) is 9.87. The summed E-state index contributed by atoms with van der Waals surface area (Å²) in [7, 11) is 3.85. The van der Waals surface area contributed by atoms with Gasteiger partial charge in [0, 0.05) is 12.1 Å². The number of nitrogens with zero attached hydrogens (tertiary/aromatic N) is 1. The van der Waals surface area contributed by atoms with Gasteiger partial charge in [-0.15, -0.1) is 29.4 Å². The Labute approximate surface area is 160 Å². The predicted molar refractivity (Wildman–Crippen MR) is 110 cm³/mol. The highest BCUT2D eigenvalue weighted by molar-refractivity contribution is 8.93. The van der Waals surface area contributed by atoms with Crippen LogP contribution in [0.2, 0.25) is 0 Å². The average Bonchev–Trinajstić information content (AvgIpc) is 2.41. The highest BCUT2D eigenvalue weighted by Gasteiger charge is 2.01. The molecule has 0 rings (SSSR count). The first-order valence-corrected chi connectivity index (χ1v) is 7.74. The van der Waals surface area contributed by atoms with Crippen LogP contribution in [-0.2, 0) is 9.53 Å². The van der Waals surface area contributed by atoms with Gasteiger partial charge in [-0.1, -0.05) is 33.3 Å². The molecule has 0 saturated heterocycles. The molecule has 0 aliphatic heterocycles. The SMILES string of the molecule is Br.C=C(C)C(=O)OCCN(C)C.CCCCN.CCCCN.Cl. The number of esters is 1. The number of unbranched alkanes of at least 4 members (excludes halogenated alkanes) is 2. The molecular formula is C16H39BrClN3O2. The number of hydrogen-bond acceptors (Lipinski definition) is 5. The fourth-order valence-corrected chi connectivity index (χ4v) is 0.852. The van der Waals surface area contributed by atoms with E-state index < -0.39 is 0 Å². The van der Waals surface area contributed by atoms with Crippen LogP contribution >= 0.6 is 29.4 Å². The van der Waals surface area contributed by atoms with Gasteiger partial charge in [0.25, 0.3) is 0 Å². The zero-order valence-corrected chi connectivity index (χ0v) is 18.1. The van der Waals surface area contributed by atoms with Crippen LogP contribution in [0.5, 0.6) is 0 Å². The summed E-state index contributed by atoms with van der Waals surface area (Å²) in [5.41, 5.74) is 10.7. The normalized spacial score (nSPS) is 8.35. The molecule has 0 spiro atoms. The van der Waals surface area contributed by atoms with Gasteiger partial charge in [0.05, 0.1) is 0 Å². The molecule has 0 radical (unpaired) electrons. The highest BCUT2D eigenvalue weighted by atomic mass is 79.9. The third kappa shape index (κ3) is 44.9. The molecule has 0 atom stereocenters. The molecule has 5 nitrogen and oxygen atoms in total. The molecule has 0 unspecified atom stereocenters. The minimum Gasteiger partial charge on any atom is -0.461 e. The molecule has 23 heavy (non-hydrogen) atoms. The molecule has 0 aliphatic carbocycles. The number of carbonyl (C=O) groups excluding carboxylic acids is 1. The standard InChI is InChI=1S/C8H15NO2.2C4H11N.BrH.ClH/c1-7(2)8(10)11-6-5-9(3)4;2*1-2-3-4-5;;/h1,5-6H2,2-4H3;2*2-5H2,1H3;2*1H. The number of halogens is 2. The van der Waals surface area contributed by atoms with E-state index in [1.807, 2.05) is 19.0 Å². The van der Waals surface area contributed by atoms with Crippen molar-refractivity contribution in [1.82, 2.24) is 4.90 Å². The van der Waals surface area contributed by atoms with Crippen molar-refractivity contribution in [3.8, 4) is 0 Å². The average molecular weight is 421 g/mol. The number of carbonyl (C=O) groups is 1. The van der Waals surface area contributed by atoms with E-state index in [0.29, 0.717) is 12.2 Å². The third-order valence-electron chi connectivity index (χ3n) is 2.24. The predicted octanol–water partition coefficient (Wildman–Crippen LogP) is 3.16. The number of hydrogen-bond donors (Lipinski definition) is 2. The second-order valence-electron chi connectivity index (χ2n) is 5.00. The summed E-state index contributed by atoms with van der Waals surface area (Å²) in [4.78, 5) is 12.7. The molecule has 0 aromatic heterocycles. The maximum Gasteiger partial charge on any atom is 0.333 e. The minimum atomic E-state index is -0.313. The second kappa shape index (κ2) is 29.8. The van der Waals surface area contributed by atoms with Crippen LogP contribution in [-0.4, -0.2) is 51.2 Å². The van der Waals surface area contributed by atoms with E-state index in [0.717, 1.165) is 19.6 Å². The van der Waals surface area contributed by atoms with Crippen molar-refractivity contribution in [2.45, 2.75) is 46.5 Å². The lowest BCUT2D eigenvalue weighted by atomic mass is 10.3. The summed E-state index contributed by atoms with van der Waals surface area (Å²) in [6.45, 7) is 12.2. The van der Waals surface area contributed by atoms with E-state index in [1.54, 1.807) is 6.92 Å². The lowest BCUT2D eigenvalue weighted by molar-refractivity contribution is -0.139. The molecule has 0 heterocycles. The van der Waals surface area contributed by atoms with Gasteiger partial charge >= 0.3 is 5.97 Å². The first-order valence-electron chi connectivity index (χ1n) is 7.74. The van der Waals surface area contributed by atoms with Crippen molar-refractivity contribution in [1.29, 1.82) is 0 Å². The van der Waals surface area contributed by atoms with Crippen LogP contribution in [0, 0.1) is 0 Å². The Morgan fingerprint density at radius 2 is 1.48 bits per heavy atom. The van der Waals surface area contributed by atoms with Crippen molar-refractivity contribution in [3.05, 3.63) is 12.2 Å². The van der Waals surface area contributed by atoms with Crippen molar-refractivity contribution in [2.24, 2.45) is 11.5 Å². The second-order valence-corrected chi connectivity index (χ2v) is 5.00. The Kier molecular flexibility index (Phi) is 44.4. The van der Waals surface area contributed by atoms with Crippen LogP contribution in [0.3, 0.4) is 0 Å². The number of rotatable bonds is 8. The van der Waals surface area contributed by atoms with Crippen LogP contribution in [0.1, 0.15) is 46.5 Å². The van der Waals surface area contributed by atoms with E-state index in [-0.39, 0.29) is 35.4 Å². The summed E-state index contributed by atoms with van der Waals surface area (Å²) in [5.74, 6) is -0.313. The van der Waals surface area contributed by atoms with Gasteiger partial charge in [0.1, 0.15) is 6.61 Å². The van der Waals surface area contributed by atoms with Gasteiger partial charge in [-0.2, -0.15) is 0 Å². The molecular weight excluding hydrogens is 382 g/mol. The van der Waals surface area contributed by atoms with Crippen LogP contribution < -0.4 is 11.5 Å². The van der Waals surface area contributed by atoms with Gasteiger partial charge in [-0.3, -0.25) is 0 Å². The molecule has 0 amide bonds. The maximum absolute atomic E-state index is 10.8. The van der Waals surface area contributed by atoms with Gasteiger partial charge in [-0.05, 0) is 47.0 Å². The van der Waals surface area contributed by atoms with Crippen molar-refractivity contribution in [2.75, 3.05) is 40.3 Å². The maximum atomic E-state index is 10.8. The van der Waals surface area contributed by atoms with Crippen molar-refractivity contribution >= 4 is 35.4 Å². The molecule has 0 aromatic carbocycles. The minimum absolute atomic E-state index is 0. The largest absolute Gasteiger partial charge is 0.461 e. The molecule has 0 fully saturated rings. The summed E-state index contributed by atoms with van der Waals surface area (Å²) in [5, 5.41) is 0. The number of likely N-dealkylation sites (N-methyl/N-ethyl adjacent to an activating group) is 1. The van der Waals surface area contributed by atoms with Gasteiger partial charge in [-0.25, -0.2) is 4.79 Å². The van der Waals surface area contributed by atoms with Gasteiger partial charge in [0.15, 0.2) is 0 Å². The lowest BCUT2D eigenvalue weighted by Crippen LogP contribution is -2.20. The zero-order chi connectivity index (χ0) is 17.1. The summed E-state index contributed by atoms with van der Waals surface area (Å²) in [6.07, 6.45) is 4.77.